The molecule has 1 amide bonds. The Morgan fingerprint density at radius 3 is 2.74 bits per heavy atom. The van der Waals surface area contributed by atoms with Crippen LogP contribution in [0.2, 0.25) is 0 Å². The highest BCUT2D eigenvalue weighted by molar-refractivity contribution is 9.11. The molecule has 0 aliphatic carbocycles. The molecule has 2 aromatic heterocycles. The van der Waals surface area contributed by atoms with Gasteiger partial charge in [-0.05, 0) is 40.2 Å². The Morgan fingerprint density at radius 2 is 2.04 bits per heavy atom. The van der Waals surface area contributed by atoms with Crippen LogP contribution < -0.4 is 0 Å². The maximum Gasteiger partial charge on any atom is 0.228 e. The fraction of sp³-hybridized carbons (Fsp3) is 0.176. The third-order valence-electron chi connectivity index (χ3n) is 3.35. The fourth-order valence-corrected chi connectivity index (χ4v) is 3.69. The van der Waals surface area contributed by atoms with E-state index in [1.54, 1.807) is 29.5 Å². The van der Waals surface area contributed by atoms with Gasteiger partial charge in [0.1, 0.15) is 6.26 Å². The van der Waals surface area contributed by atoms with E-state index in [0.717, 1.165) is 14.2 Å². The van der Waals surface area contributed by atoms with E-state index >= 15 is 0 Å². The summed E-state index contributed by atoms with van der Waals surface area (Å²) < 4.78 is 6.53. The van der Waals surface area contributed by atoms with Crippen molar-refractivity contribution >= 4 is 33.2 Å². The third-order valence-corrected chi connectivity index (χ3v) is 4.96. The van der Waals surface area contributed by atoms with Crippen LogP contribution in [0.3, 0.4) is 0 Å². The Bertz CT molecular complexity index is 798. The van der Waals surface area contributed by atoms with Gasteiger partial charge in [0.15, 0.2) is 0 Å². The van der Waals surface area contributed by atoms with E-state index in [4.69, 9.17) is 4.42 Å². The van der Waals surface area contributed by atoms with Crippen molar-refractivity contribution in [1.82, 2.24) is 9.88 Å². The molecule has 3 rings (SSSR count). The Balaban J connectivity index is 1.63. The Kier molecular flexibility index (Phi) is 4.93. The summed E-state index contributed by atoms with van der Waals surface area (Å²) in [6.45, 7) is 0.596. The smallest absolute Gasteiger partial charge is 0.228 e. The summed E-state index contributed by atoms with van der Waals surface area (Å²) in [5.74, 6) is 0.556. The molecule has 6 heteroatoms. The summed E-state index contributed by atoms with van der Waals surface area (Å²) in [6.07, 6.45) is 1.79. The molecule has 3 aromatic rings. The van der Waals surface area contributed by atoms with Crippen LogP contribution in [0.25, 0.3) is 11.5 Å². The summed E-state index contributed by atoms with van der Waals surface area (Å²) >= 11 is 5.06. The highest BCUT2D eigenvalue weighted by Crippen LogP contribution is 2.23. The zero-order chi connectivity index (χ0) is 16.2. The first-order valence-corrected chi connectivity index (χ1v) is 8.71. The maximum atomic E-state index is 12.3. The highest BCUT2D eigenvalue weighted by Gasteiger charge is 2.14. The summed E-state index contributed by atoms with van der Waals surface area (Å²) in [6, 6.07) is 13.7. The number of oxazole rings is 1. The van der Waals surface area contributed by atoms with Gasteiger partial charge in [-0.2, -0.15) is 0 Å². The molecule has 0 fully saturated rings. The van der Waals surface area contributed by atoms with Crippen LogP contribution in [-0.4, -0.2) is 22.8 Å². The standard InChI is InChI=1S/C17H15BrN2O2S/c1-20(10-14-7-8-15(18)23-14)16(21)9-13-11-22-17(19-13)12-5-3-2-4-6-12/h2-8,11H,9-10H2,1H3. The topological polar surface area (TPSA) is 46.3 Å². The Morgan fingerprint density at radius 1 is 1.26 bits per heavy atom. The predicted octanol–water partition coefficient (Wildman–Crippen LogP) is 4.37. The van der Waals surface area contributed by atoms with Gasteiger partial charge in [-0.3, -0.25) is 4.79 Å². The van der Waals surface area contributed by atoms with Gasteiger partial charge < -0.3 is 9.32 Å². The maximum absolute atomic E-state index is 12.3. The van der Waals surface area contributed by atoms with Crippen LogP contribution >= 0.6 is 27.3 Å². The van der Waals surface area contributed by atoms with Crippen LogP contribution in [0.4, 0.5) is 0 Å². The minimum Gasteiger partial charge on any atom is -0.444 e. The number of carbonyl (C=O) groups excluding carboxylic acids is 1. The number of likely N-dealkylation sites (N-methyl/N-ethyl adjacent to an activating group) is 1. The second kappa shape index (κ2) is 7.10. The van der Waals surface area contributed by atoms with Crippen molar-refractivity contribution < 1.29 is 9.21 Å². The van der Waals surface area contributed by atoms with E-state index in [1.165, 1.54) is 0 Å². The summed E-state index contributed by atoms with van der Waals surface area (Å²) in [5, 5.41) is 0. The van der Waals surface area contributed by atoms with E-state index in [1.807, 2.05) is 42.5 Å². The third kappa shape index (κ3) is 4.09. The Labute approximate surface area is 146 Å². The van der Waals surface area contributed by atoms with Crippen molar-refractivity contribution in [2.75, 3.05) is 7.05 Å². The second-order valence-electron chi connectivity index (χ2n) is 5.14. The minimum atomic E-state index is 0.0161. The van der Waals surface area contributed by atoms with Gasteiger partial charge in [-0.1, -0.05) is 18.2 Å². The molecule has 0 saturated carbocycles. The molecule has 0 aliphatic rings. The zero-order valence-electron chi connectivity index (χ0n) is 12.5. The van der Waals surface area contributed by atoms with Crippen molar-refractivity contribution in [3.05, 3.63) is 63.1 Å². The molecule has 0 bridgehead atoms. The van der Waals surface area contributed by atoms with Gasteiger partial charge >= 0.3 is 0 Å². The minimum absolute atomic E-state index is 0.0161. The van der Waals surface area contributed by atoms with Crippen LogP contribution in [-0.2, 0) is 17.8 Å². The van der Waals surface area contributed by atoms with E-state index < -0.39 is 0 Å². The Hall–Kier alpha value is -1.92. The summed E-state index contributed by atoms with van der Waals surface area (Å²) in [4.78, 5) is 19.5. The lowest BCUT2D eigenvalue weighted by atomic mass is 10.2. The quantitative estimate of drug-likeness (QED) is 0.649. The van der Waals surface area contributed by atoms with Gasteiger partial charge in [0.25, 0.3) is 0 Å². The number of carbonyl (C=O) groups is 1. The molecule has 0 spiro atoms. The van der Waals surface area contributed by atoms with E-state index in [0.29, 0.717) is 18.1 Å². The molecule has 23 heavy (non-hydrogen) atoms. The van der Waals surface area contributed by atoms with Gasteiger partial charge in [0.2, 0.25) is 11.8 Å². The molecule has 0 atom stereocenters. The van der Waals surface area contributed by atoms with Crippen LogP contribution in [0.1, 0.15) is 10.6 Å². The largest absolute Gasteiger partial charge is 0.444 e. The molecule has 2 heterocycles. The number of aromatic nitrogens is 1. The average Bonchev–Trinajstić information content (AvgIpc) is 3.17. The van der Waals surface area contributed by atoms with E-state index in [-0.39, 0.29) is 12.3 Å². The molecular weight excluding hydrogens is 376 g/mol. The van der Waals surface area contributed by atoms with Crippen molar-refractivity contribution in [2.45, 2.75) is 13.0 Å². The van der Waals surface area contributed by atoms with Crippen LogP contribution in [0.5, 0.6) is 0 Å². The second-order valence-corrected chi connectivity index (χ2v) is 7.69. The van der Waals surface area contributed by atoms with Gasteiger partial charge in [-0.25, -0.2) is 4.98 Å². The molecule has 1 aromatic carbocycles. The van der Waals surface area contributed by atoms with Gasteiger partial charge in [0.05, 0.1) is 22.4 Å². The average molecular weight is 391 g/mol. The number of nitrogens with zero attached hydrogens (tertiary/aromatic N) is 2. The normalized spacial score (nSPS) is 10.7. The zero-order valence-corrected chi connectivity index (χ0v) is 14.9. The monoisotopic (exact) mass is 390 g/mol. The summed E-state index contributed by atoms with van der Waals surface area (Å²) in [7, 11) is 1.80. The lowest BCUT2D eigenvalue weighted by Gasteiger charge is -2.15. The predicted molar refractivity (Wildman–Crippen MR) is 94.1 cm³/mol. The number of thiophene rings is 1. The fourth-order valence-electron chi connectivity index (χ4n) is 2.15. The SMILES string of the molecule is CN(Cc1ccc(Br)s1)C(=O)Cc1coc(-c2ccccc2)n1. The lowest BCUT2D eigenvalue weighted by Crippen LogP contribution is -2.27. The molecule has 0 N–H and O–H groups in total. The van der Waals surface area contributed by atoms with Crippen LogP contribution in [0.15, 0.2) is 56.9 Å². The molecule has 0 radical (unpaired) electrons. The number of benzene rings is 1. The summed E-state index contributed by atoms with van der Waals surface area (Å²) in [5.41, 5.74) is 1.55. The van der Waals surface area contributed by atoms with Crippen molar-refractivity contribution in [3.8, 4) is 11.5 Å². The van der Waals surface area contributed by atoms with E-state index in [2.05, 4.69) is 20.9 Å². The highest BCUT2D eigenvalue weighted by atomic mass is 79.9. The molecule has 118 valence electrons. The van der Waals surface area contributed by atoms with Crippen molar-refractivity contribution in [1.29, 1.82) is 0 Å². The molecule has 4 nitrogen and oxygen atoms in total. The first-order valence-electron chi connectivity index (χ1n) is 7.10. The van der Waals surface area contributed by atoms with Crippen molar-refractivity contribution in [3.63, 3.8) is 0 Å². The number of hydrogen-bond acceptors (Lipinski definition) is 4. The van der Waals surface area contributed by atoms with Gasteiger partial charge in [0, 0.05) is 17.5 Å². The molecular formula is C17H15BrN2O2S. The molecule has 0 saturated heterocycles. The number of amides is 1. The first kappa shape index (κ1) is 16.0. The van der Waals surface area contributed by atoms with Crippen LogP contribution in [0, 0.1) is 0 Å². The number of halogens is 1. The van der Waals surface area contributed by atoms with Crippen molar-refractivity contribution in [2.24, 2.45) is 0 Å². The number of rotatable bonds is 5. The van der Waals surface area contributed by atoms with Gasteiger partial charge in [-0.15, -0.1) is 11.3 Å². The lowest BCUT2D eigenvalue weighted by molar-refractivity contribution is -0.129. The molecule has 0 aliphatic heterocycles. The van der Waals surface area contributed by atoms with E-state index in [9.17, 15) is 4.79 Å². The molecule has 0 unspecified atom stereocenters. The first-order chi connectivity index (χ1) is 11.1. The number of hydrogen-bond donors (Lipinski definition) is 0.